The van der Waals surface area contributed by atoms with Crippen LogP contribution in [0.5, 0.6) is 11.5 Å². The van der Waals surface area contributed by atoms with Gasteiger partial charge in [0.15, 0.2) is 0 Å². The average Bonchev–Trinajstić information content (AvgIpc) is 2.74. The van der Waals surface area contributed by atoms with Gasteiger partial charge in [0.2, 0.25) is 15.9 Å². The number of ether oxygens (including phenoxy) is 2. The van der Waals surface area contributed by atoms with Gasteiger partial charge in [0.1, 0.15) is 11.5 Å². The summed E-state index contributed by atoms with van der Waals surface area (Å²) in [6.07, 6.45) is 0.192. The second kappa shape index (κ2) is 8.84. The molecule has 0 spiro atoms. The lowest BCUT2D eigenvalue weighted by Crippen LogP contribution is -2.50. The summed E-state index contributed by atoms with van der Waals surface area (Å²) in [5, 5.41) is 0. The molecule has 2 aromatic rings. The molecule has 156 valence electrons. The number of amides is 1. The SMILES string of the molecule is COc1ccc(CC(=O)N2CCN(S(=O)(=O)c3ccc(C)cc3)CC2)c(OC)c1. The highest BCUT2D eigenvalue weighted by molar-refractivity contribution is 7.89. The van der Waals surface area contributed by atoms with Crippen LogP contribution in [0, 0.1) is 6.92 Å². The minimum atomic E-state index is -3.54. The molecule has 0 bridgehead atoms. The number of aryl methyl sites for hydroxylation is 1. The van der Waals surface area contributed by atoms with Crippen LogP contribution < -0.4 is 9.47 Å². The summed E-state index contributed by atoms with van der Waals surface area (Å²) in [7, 11) is -0.418. The highest BCUT2D eigenvalue weighted by Gasteiger charge is 2.30. The topological polar surface area (TPSA) is 76.2 Å². The summed E-state index contributed by atoms with van der Waals surface area (Å²) in [6, 6.07) is 12.2. The minimum Gasteiger partial charge on any atom is -0.497 e. The molecule has 0 unspecified atom stereocenters. The Hall–Kier alpha value is -2.58. The lowest BCUT2D eigenvalue weighted by molar-refractivity contribution is -0.131. The van der Waals surface area contributed by atoms with Crippen LogP contribution in [0.4, 0.5) is 0 Å². The molecule has 0 atom stereocenters. The number of benzene rings is 2. The summed E-state index contributed by atoms with van der Waals surface area (Å²) in [5.41, 5.74) is 1.78. The largest absolute Gasteiger partial charge is 0.497 e. The van der Waals surface area contributed by atoms with Crippen molar-refractivity contribution in [2.45, 2.75) is 18.2 Å². The van der Waals surface area contributed by atoms with E-state index >= 15 is 0 Å². The Balaban J connectivity index is 1.63. The van der Waals surface area contributed by atoms with E-state index in [0.29, 0.717) is 24.6 Å². The van der Waals surface area contributed by atoms with Gasteiger partial charge in [-0.25, -0.2) is 8.42 Å². The molecule has 2 aromatic carbocycles. The number of carbonyl (C=O) groups excluding carboxylic acids is 1. The molecule has 0 aromatic heterocycles. The zero-order chi connectivity index (χ0) is 21.0. The van der Waals surface area contributed by atoms with Crippen molar-refractivity contribution in [2.75, 3.05) is 40.4 Å². The number of nitrogens with zero attached hydrogens (tertiary/aromatic N) is 2. The highest BCUT2D eigenvalue weighted by Crippen LogP contribution is 2.26. The van der Waals surface area contributed by atoms with E-state index in [0.717, 1.165) is 11.1 Å². The van der Waals surface area contributed by atoms with E-state index < -0.39 is 10.0 Å². The zero-order valence-corrected chi connectivity index (χ0v) is 17.7. The Morgan fingerprint density at radius 3 is 2.21 bits per heavy atom. The predicted molar refractivity (Wildman–Crippen MR) is 110 cm³/mol. The average molecular weight is 419 g/mol. The first kappa shape index (κ1) is 21.1. The van der Waals surface area contributed by atoms with Gasteiger partial charge < -0.3 is 14.4 Å². The van der Waals surface area contributed by atoms with E-state index in [1.807, 2.05) is 13.0 Å². The number of hydrogen-bond donors (Lipinski definition) is 0. The lowest BCUT2D eigenvalue weighted by Gasteiger charge is -2.34. The molecule has 8 heteroatoms. The molecule has 0 N–H and O–H groups in total. The van der Waals surface area contributed by atoms with Gasteiger partial charge in [-0.3, -0.25) is 4.79 Å². The molecule has 0 radical (unpaired) electrons. The standard InChI is InChI=1S/C21H26N2O5S/c1-16-4-8-19(9-5-16)29(25,26)23-12-10-22(11-13-23)21(24)14-17-6-7-18(27-2)15-20(17)28-3/h4-9,15H,10-14H2,1-3H3. The summed E-state index contributed by atoms with van der Waals surface area (Å²) >= 11 is 0. The van der Waals surface area contributed by atoms with Crippen molar-refractivity contribution in [3.63, 3.8) is 0 Å². The van der Waals surface area contributed by atoms with E-state index in [2.05, 4.69) is 0 Å². The van der Waals surface area contributed by atoms with Crippen LogP contribution in [0.15, 0.2) is 47.4 Å². The van der Waals surface area contributed by atoms with Crippen molar-refractivity contribution >= 4 is 15.9 Å². The van der Waals surface area contributed by atoms with Gasteiger partial charge in [-0.2, -0.15) is 4.31 Å². The highest BCUT2D eigenvalue weighted by atomic mass is 32.2. The van der Waals surface area contributed by atoms with Crippen molar-refractivity contribution in [3.8, 4) is 11.5 Å². The van der Waals surface area contributed by atoms with Gasteiger partial charge in [0, 0.05) is 37.8 Å². The van der Waals surface area contributed by atoms with Crippen molar-refractivity contribution < 1.29 is 22.7 Å². The Morgan fingerprint density at radius 2 is 1.62 bits per heavy atom. The number of hydrogen-bond acceptors (Lipinski definition) is 5. The molecule has 1 heterocycles. The molecule has 1 amide bonds. The second-order valence-electron chi connectivity index (χ2n) is 6.95. The number of piperazine rings is 1. The normalized spacial score (nSPS) is 15.2. The maximum Gasteiger partial charge on any atom is 0.243 e. The fraction of sp³-hybridized carbons (Fsp3) is 0.381. The zero-order valence-electron chi connectivity index (χ0n) is 16.9. The van der Waals surface area contributed by atoms with Gasteiger partial charge in [0.05, 0.1) is 25.5 Å². The van der Waals surface area contributed by atoms with E-state index in [1.54, 1.807) is 55.5 Å². The first-order chi connectivity index (χ1) is 13.8. The predicted octanol–water partition coefficient (Wildman–Crippen LogP) is 2.09. The van der Waals surface area contributed by atoms with Crippen LogP contribution in [-0.2, 0) is 21.2 Å². The van der Waals surface area contributed by atoms with Crippen LogP contribution in [0.2, 0.25) is 0 Å². The van der Waals surface area contributed by atoms with E-state index in [1.165, 1.54) is 4.31 Å². The monoisotopic (exact) mass is 418 g/mol. The Kier molecular flexibility index (Phi) is 6.44. The third-order valence-corrected chi connectivity index (χ3v) is 7.00. The van der Waals surface area contributed by atoms with E-state index in [4.69, 9.17) is 9.47 Å². The third-order valence-electron chi connectivity index (χ3n) is 5.09. The quantitative estimate of drug-likeness (QED) is 0.718. The Bertz CT molecular complexity index is 965. The first-order valence-electron chi connectivity index (χ1n) is 9.40. The maximum absolute atomic E-state index is 12.8. The summed E-state index contributed by atoms with van der Waals surface area (Å²) in [6.45, 7) is 3.20. The van der Waals surface area contributed by atoms with Crippen LogP contribution >= 0.6 is 0 Å². The van der Waals surface area contributed by atoms with E-state index in [-0.39, 0.29) is 30.3 Å². The summed E-state index contributed by atoms with van der Waals surface area (Å²) in [5.74, 6) is 1.20. The van der Waals surface area contributed by atoms with Crippen molar-refractivity contribution in [1.82, 2.24) is 9.21 Å². The van der Waals surface area contributed by atoms with Crippen LogP contribution in [0.1, 0.15) is 11.1 Å². The molecular formula is C21H26N2O5S. The number of methoxy groups -OCH3 is 2. The van der Waals surface area contributed by atoms with Gasteiger partial charge in [0.25, 0.3) is 0 Å². The van der Waals surface area contributed by atoms with Crippen molar-refractivity contribution in [3.05, 3.63) is 53.6 Å². The number of sulfonamides is 1. The summed E-state index contributed by atoms with van der Waals surface area (Å²) in [4.78, 5) is 14.7. The fourth-order valence-electron chi connectivity index (χ4n) is 3.31. The van der Waals surface area contributed by atoms with Gasteiger partial charge in [-0.1, -0.05) is 23.8 Å². The first-order valence-corrected chi connectivity index (χ1v) is 10.8. The molecule has 1 saturated heterocycles. The smallest absolute Gasteiger partial charge is 0.243 e. The fourth-order valence-corrected chi connectivity index (χ4v) is 4.73. The minimum absolute atomic E-state index is 0.0548. The van der Waals surface area contributed by atoms with Crippen molar-refractivity contribution in [2.24, 2.45) is 0 Å². The van der Waals surface area contributed by atoms with Crippen LogP contribution in [-0.4, -0.2) is 63.9 Å². The number of carbonyl (C=O) groups is 1. The van der Waals surface area contributed by atoms with Gasteiger partial charge >= 0.3 is 0 Å². The molecule has 7 nitrogen and oxygen atoms in total. The third kappa shape index (κ3) is 4.71. The molecule has 0 saturated carbocycles. The van der Waals surface area contributed by atoms with Crippen LogP contribution in [0.25, 0.3) is 0 Å². The molecule has 1 aliphatic heterocycles. The van der Waals surface area contributed by atoms with Crippen LogP contribution in [0.3, 0.4) is 0 Å². The molecule has 3 rings (SSSR count). The second-order valence-corrected chi connectivity index (χ2v) is 8.89. The maximum atomic E-state index is 12.8. The van der Waals surface area contributed by atoms with E-state index in [9.17, 15) is 13.2 Å². The molecule has 1 aliphatic rings. The Morgan fingerprint density at radius 1 is 0.966 bits per heavy atom. The van der Waals surface area contributed by atoms with Crippen molar-refractivity contribution in [1.29, 1.82) is 0 Å². The molecule has 0 aliphatic carbocycles. The molecular weight excluding hydrogens is 392 g/mol. The van der Waals surface area contributed by atoms with Gasteiger partial charge in [-0.15, -0.1) is 0 Å². The molecule has 29 heavy (non-hydrogen) atoms. The molecule has 1 fully saturated rings. The Labute approximate surface area is 171 Å². The number of rotatable bonds is 6. The van der Waals surface area contributed by atoms with Gasteiger partial charge in [-0.05, 0) is 25.1 Å². The lowest BCUT2D eigenvalue weighted by atomic mass is 10.1. The summed E-state index contributed by atoms with van der Waals surface area (Å²) < 4.78 is 37.6.